The summed E-state index contributed by atoms with van der Waals surface area (Å²) in [4.78, 5) is 29.6. The Bertz CT molecular complexity index is 204. The van der Waals surface area contributed by atoms with Crippen molar-refractivity contribution in [2.24, 2.45) is 0 Å². The van der Waals surface area contributed by atoms with E-state index in [0.29, 0.717) is 0 Å². The third kappa shape index (κ3) is 9.56. The number of carboxylic acids is 3. The molecule has 0 aromatic carbocycles. The Labute approximate surface area is 144 Å². The van der Waals surface area contributed by atoms with E-state index >= 15 is 0 Å². The molecule has 0 fully saturated rings. The maximum Gasteiger partial charge on any atom is 1.00 e. The predicted molar refractivity (Wildman–Crippen MR) is 27.4 cm³/mol. The van der Waals surface area contributed by atoms with Crippen LogP contribution >= 0.6 is 0 Å². The summed E-state index contributed by atoms with van der Waals surface area (Å²) in [7, 11) is 0. The SMILES string of the molecule is O=C(O)COC(C(=O)[O-])C(=O)[O-].[K+].[Na+]. The minimum atomic E-state index is -2.35. The van der Waals surface area contributed by atoms with Gasteiger partial charge in [0.2, 0.25) is 0 Å². The van der Waals surface area contributed by atoms with E-state index in [-0.39, 0.29) is 80.9 Å². The van der Waals surface area contributed by atoms with Crippen LogP contribution in [-0.2, 0) is 19.1 Å². The number of hydrogen-bond donors (Lipinski definition) is 1. The van der Waals surface area contributed by atoms with E-state index in [9.17, 15) is 24.6 Å². The minimum absolute atomic E-state index is 0. The molecule has 0 radical (unpaired) electrons. The molecule has 14 heavy (non-hydrogen) atoms. The van der Waals surface area contributed by atoms with Crippen LogP contribution in [0.25, 0.3) is 0 Å². The zero-order valence-corrected chi connectivity index (χ0v) is 12.8. The van der Waals surface area contributed by atoms with Crippen LogP contribution < -0.4 is 91.2 Å². The molecular formula is C5H4KNaO7. The molecule has 0 unspecified atom stereocenters. The largest absolute Gasteiger partial charge is 1.00 e. The first-order valence-electron chi connectivity index (χ1n) is 2.70. The van der Waals surface area contributed by atoms with E-state index in [0.717, 1.165) is 0 Å². The summed E-state index contributed by atoms with van der Waals surface area (Å²) in [6, 6.07) is 0. The number of aliphatic carboxylic acids is 3. The molecule has 1 N–H and O–H groups in total. The van der Waals surface area contributed by atoms with E-state index in [2.05, 4.69) is 4.74 Å². The molecule has 0 amide bonds. The van der Waals surface area contributed by atoms with E-state index in [1.54, 1.807) is 0 Å². The van der Waals surface area contributed by atoms with Crippen LogP contribution in [0.5, 0.6) is 0 Å². The molecule has 68 valence electrons. The summed E-state index contributed by atoms with van der Waals surface area (Å²) in [6.07, 6.45) is -2.35. The molecule has 0 aliphatic rings. The van der Waals surface area contributed by atoms with Crippen molar-refractivity contribution >= 4 is 17.9 Å². The second kappa shape index (κ2) is 10.5. The Morgan fingerprint density at radius 2 is 1.57 bits per heavy atom. The molecule has 0 aromatic rings. The smallest absolute Gasteiger partial charge is 0.547 e. The average Bonchev–Trinajstić information content (AvgIpc) is 1.84. The van der Waals surface area contributed by atoms with Crippen molar-refractivity contribution in [1.29, 1.82) is 0 Å². The van der Waals surface area contributed by atoms with Crippen molar-refractivity contribution < 1.29 is 115 Å². The molecule has 0 heterocycles. The van der Waals surface area contributed by atoms with Crippen LogP contribution in [0.2, 0.25) is 0 Å². The Balaban J connectivity index is -0.000000605. The second-order valence-electron chi connectivity index (χ2n) is 1.72. The van der Waals surface area contributed by atoms with E-state index in [1.807, 2.05) is 0 Å². The van der Waals surface area contributed by atoms with Gasteiger partial charge in [0.15, 0.2) is 0 Å². The quantitative estimate of drug-likeness (QED) is 0.372. The van der Waals surface area contributed by atoms with E-state index in [4.69, 9.17) is 5.11 Å². The number of hydrogen-bond acceptors (Lipinski definition) is 6. The molecule has 0 atom stereocenters. The standard InChI is InChI=1S/C5H6O7.K.Na/c6-2(7)1-12-3(4(8)9)5(10)11;;/h3H,1H2,(H,6,7)(H,8,9)(H,10,11);;/q;2*+1/p-2. The van der Waals surface area contributed by atoms with E-state index < -0.39 is 30.6 Å². The van der Waals surface area contributed by atoms with Crippen molar-refractivity contribution in [3.63, 3.8) is 0 Å². The number of carboxylic acid groups (broad SMARTS) is 3. The number of ether oxygens (including phenoxy) is 1. The summed E-state index contributed by atoms with van der Waals surface area (Å²) < 4.78 is 3.90. The number of rotatable bonds is 5. The van der Waals surface area contributed by atoms with Crippen LogP contribution in [0.1, 0.15) is 0 Å². The molecule has 7 nitrogen and oxygen atoms in total. The summed E-state index contributed by atoms with van der Waals surface area (Å²) in [5.74, 6) is -5.57. The second-order valence-corrected chi connectivity index (χ2v) is 1.72. The summed E-state index contributed by atoms with van der Waals surface area (Å²) in [6.45, 7) is -1.04. The summed E-state index contributed by atoms with van der Waals surface area (Å²) in [5, 5.41) is 27.8. The summed E-state index contributed by atoms with van der Waals surface area (Å²) in [5.41, 5.74) is 0. The van der Waals surface area contributed by atoms with Crippen molar-refractivity contribution in [3.8, 4) is 0 Å². The van der Waals surface area contributed by atoms with Gasteiger partial charge in [-0.3, -0.25) is 0 Å². The van der Waals surface area contributed by atoms with Gasteiger partial charge >= 0.3 is 86.9 Å². The topological polar surface area (TPSA) is 127 Å². The summed E-state index contributed by atoms with van der Waals surface area (Å²) >= 11 is 0. The van der Waals surface area contributed by atoms with Crippen LogP contribution in [0.3, 0.4) is 0 Å². The van der Waals surface area contributed by atoms with Gasteiger partial charge in [-0.05, 0) is 0 Å². The first-order valence-corrected chi connectivity index (χ1v) is 2.70. The van der Waals surface area contributed by atoms with Gasteiger partial charge in [-0.25, -0.2) is 4.79 Å². The maximum atomic E-state index is 9.90. The molecule has 0 spiro atoms. The van der Waals surface area contributed by atoms with Gasteiger partial charge < -0.3 is 29.6 Å². The molecule has 0 aliphatic heterocycles. The molecule has 0 aromatic heterocycles. The Hall–Kier alpha value is 1.01. The molecule has 0 rings (SSSR count). The molecule has 0 saturated heterocycles. The molecule has 0 saturated carbocycles. The van der Waals surface area contributed by atoms with Crippen molar-refractivity contribution in [3.05, 3.63) is 0 Å². The fourth-order valence-electron chi connectivity index (χ4n) is 0.387. The Morgan fingerprint density at radius 3 is 1.79 bits per heavy atom. The van der Waals surface area contributed by atoms with Crippen molar-refractivity contribution in [2.75, 3.05) is 6.61 Å². The normalized spacial score (nSPS) is 8.36. The van der Waals surface area contributed by atoms with Crippen molar-refractivity contribution in [2.45, 2.75) is 6.10 Å². The van der Waals surface area contributed by atoms with Gasteiger partial charge in [0.25, 0.3) is 0 Å². The molecular weight excluding hydrogens is 234 g/mol. The zero-order valence-electron chi connectivity index (χ0n) is 7.68. The van der Waals surface area contributed by atoms with Gasteiger partial charge in [-0.2, -0.15) is 0 Å². The van der Waals surface area contributed by atoms with Gasteiger partial charge in [0.05, 0.1) is 11.9 Å². The van der Waals surface area contributed by atoms with Gasteiger partial charge in [-0.1, -0.05) is 0 Å². The molecule has 0 bridgehead atoms. The Morgan fingerprint density at radius 1 is 1.21 bits per heavy atom. The zero-order chi connectivity index (χ0) is 9.72. The Kier molecular flexibility index (Phi) is 15.3. The van der Waals surface area contributed by atoms with Crippen LogP contribution in [0.4, 0.5) is 0 Å². The fourth-order valence-corrected chi connectivity index (χ4v) is 0.387. The van der Waals surface area contributed by atoms with Gasteiger partial charge in [0, 0.05) is 0 Å². The first kappa shape index (κ1) is 20.4. The third-order valence-corrected chi connectivity index (χ3v) is 0.802. The van der Waals surface area contributed by atoms with Gasteiger partial charge in [-0.15, -0.1) is 0 Å². The predicted octanol–water partition coefficient (Wildman–Crippen LogP) is -10.0. The monoisotopic (exact) mass is 238 g/mol. The van der Waals surface area contributed by atoms with Crippen LogP contribution in [-0.4, -0.2) is 35.7 Å². The third-order valence-electron chi connectivity index (χ3n) is 0.802. The molecule has 0 aliphatic carbocycles. The number of carbonyl (C=O) groups excluding carboxylic acids is 2. The van der Waals surface area contributed by atoms with Crippen LogP contribution in [0.15, 0.2) is 0 Å². The first-order chi connectivity index (χ1) is 5.45. The number of carbonyl (C=O) groups is 3. The van der Waals surface area contributed by atoms with Crippen molar-refractivity contribution in [1.82, 2.24) is 0 Å². The van der Waals surface area contributed by atoms with Gasteiger partial charge in [0.1, 0.15) is 12.7 Å². The molecule has 9 heteroatoms. The average molecular weight is 238 g/mol. The van der Waals surface area contributed by atoms with Crippen LogP contribution in [0, 0.1) is 0 Å². The van der Waals surface area contributed by atoms with E-state index in [1.165, 1.54) is 0 Å². The minimum Gasteiger partial charge on any atom is -0.547 e. The maximum absolute atomic E-state index is 9.90. The fraction of sp³-hybridized carbons (Fsp3) is 0.400.